The Hall–Kier alpha value is -1.54. The lowest BCUT2D eigenvalue weighted by Gasteiger charge is -2.32. The van der Waals surface area contributed by atoms with E-state index in [1.165, 1.54) is 12.8 Å². The van der Waals surface area contributed by atoms with Gasteiger partial charge in [0.15, 0.2) is 5.96 Å². The van der Waals surface area contributed by atoms with Crippen molar-refractivity contribution < 1.29 is 14.3 Å². The van der Waals surface area contributed by atoms with Gasteiger partial charge in [0, 0.05) is 33.8 Å². The molecule has 8 heteroatoms. The zero-order chi connectivity index (χ0) is 21.2. The summed E-state index contributed by atoms with van der Waals surface area (Å²) in [7, 11) is 3.51. The van der Waals surface area contributed by atoms with Crippen molar-refractivity contribution in [2.75, 3.05) is 53.5 Å². The first-order chi connectivity index (χ1) is 13.0. The van der Waals surface area contributed by atoms with Crippen LogP contribution < -0.4 is 16.0 Å². The lowest BCUT2D eigenvalue weighted by atomic mass is 9.97. The highest BCUT2D eigenvalue weighted by Gasteiger charge is 2.25. The minimum Gasteiger partial charge on any atom is -0.444 e. The molecule has 0 unspecified atom stereocenters. The molecule has 0 bridgehead atoms. The van der Waals surface area contributed by atoms with Gasteiger partial charge in [0.05, 0.1) is 12.1 Å². The fourth-order valence-corrected chi connectivity index (χ4v) is 3.02. The average Bonchev–Trinajstić information content (AvgIpc) is 2.58. The van der Waals surface area contributed by atoms with E-state index in [1.54, 1.807) is 14.2 Å². The third-order valence-electron chi connectivity index (χ3n) is 4.64. The monoisotopic (exact) mass is 399 g/mol. The smallest absolute Gasteiger partial charge is 0.408 e. The summed E-state index contributed by atoms with van der Waals surface area (Å²) in [5.74, 6) is 1.39. The molecule has 28 heavy (non-hydrogen) atoms. The van der Waals surface area contributed by atoms with E-state index in [4.69, 9.17) is 9.47 Å². The second-order valence-electron chi connectivity index (χ2n) is 9.10. The maximum absolute atomic E-state index is 12.0. The molecule has 0 aromatic heterocycles. The van der Waals surface area contributed by atoms with E-state index in [-0.39, 0.29) is 0 Å². The number of nitrogens with one attached hydrogen (secondary N) is 3. The number of carbonyl (C=O) groups excluding carboxylic acids is 1. The number of hydrogen-bond acceptors (Lipinski definition) is 5. The van der Waals surface area contributed by atoms with Crippen LogP contribution in [0.15, 0.2) is 4.99 Å². The molecule has 0 saturated carbocycles. The van der Waals surface area contributed by atoms with Crippen LogP contribution >= 0.6 is 0 Å². The van der Waals surface area contributed by atoms with Gasteiger partial charge >= 0.3 is 6.09 Å². The van der Waals surface area contributed by atoms with Crippen molar-refractivity contribution in [1.29, 1.82) is 0 Å². The van der Waals surface area contributed by atoms with Gasteiger partial charge in [0.2, 0.25) is 0 Å². The van der Waals surface area contributed by atoms with E-state index in [9.17, 15) is 4.79 Å². The molecular weight excluding hydrogens is 358 g/mol. The fraction of sp³-hybridized carbons (Fsp3) is 0.900. The summed E-state index contributed by atoms with van der Waals surface area (Å²) in [5.41, 5.74) is -0.975. The Morgan fingerprint density at radius 2 is 1.79 bits per heavy atom. The van der Waals surface area contributed by atoms with Crippen molar-refractivity contribution in [2.24, 2.45) is 10.9 Å². The van der Waals surface area contributed by atoms with Crippen molar-refractivity contribution >= 4 is 12.1 Å². The van der Waals surface area contributed by atoms with Gasteiger partial charge in [-0.15, -0.1) is 0 Å². The molecule has 0 aromatic rings. The Labute approximate surface area is 170 Å². The largest absolute Gasteiger partial charge is 0.444 e. The summed E-state index contributed by atoms with van der Waals surface area (Å²) in [6, 6.07) is 0. The van der Waals surface area contributed by atoms with Crippen LogP contribution in [0.25, 0.3) is 0 Å². The zero-order valence-electron chi connectivity index (χ0n) is 18.9. The lowest BCUT2D eigenvalue weighted by molar-refractivity contribution is 0.0474. The van der Waals surface area contributed by atoms with Crippen molar-refractivity contribution in [1.82, 2.24) is 20.9 Å². The molecule has 1 rings (SSSR count). The predicted molar refractivity (Wildman–Crippen MR) is 114 cm³/mol. The highest BCUT2D eigenvalue weighted by atomic mass is 16.6. The van der Waals surface area contributed by atoms with E-state index in [0.29, 0.717) is 12.5 Å². The number of guanidine groups is 1. The molecule has 0 spiro atoms. The molecule has 0 aliphatic carbocycles. The minimum absolute atomic E-state index is 0.414. The van der Waals surface area contributed by atoms with Gasteiger partial charge in [-0.1, -0.05) is 0 Å². The highest BCUT2D eigenvalue weighted by Crippen LogP contribution is 2.16. The topological polar surface area (TPSA) is 87.2 Å². The van der Waals surface area contributed by atoms with Crippen molar-refractivity contribution in [2.45, 2.75) is 58.6 Å². The Balaban J connectivity index is 2.32. The Kier molecular flexibility index (Phi) is 10.0. The number of amides is 1. The minimum atomic E-state index is -0.510. The number of rotatable bonds is 8. The Morgan fingerprint density at radius 3 is 2.32 bits per heavy atom. The standard InChI is InChI=1S/C20H41N5O3/c1-19(2,3)28-18(26)24-20(4,5)15-23-17(21-6)22-14-16-8-10-25(11-9-16)12-13-27-7/h16H,8-15H2,1-7H3,(H,24,26)(H2,21,22,23). The third kappa shape index (κ3) is 10.7. The number of methoxy groups -OCH3 is 1. The van der Waals surface area contributed by atoms with Gasteiger partial charge in [-0.05, 0) is 66.5 Å². The van der Waals surface area contributed by atoms with E-state index in [2.05, 4.69) is 25.8 Å². The van der Waals surface area contributed by atoms with Gasteiger partial charge in [0.25, 0.3) is 0 Å². The fourth-order valence-electron chi connectivity index (χ4n) is 3.02. The number of alkyl carbamates (subject to hydrolysis) is 1. The van der Waals surface area contributed by atoms with Gasteiger partial charge in [-0.25, -0.2) is 4.79 Å². The number of likely N-dealkylation sites (tertiary alicyclic amines) is 1. The maximum Gasteiger partial charge on any atom is 0.408 e. The number of ether oxygens (including phenoxy) is 2. The predicted octanol–water partition coefficient (Wildman–Crippen LogP) is 1.81. The van der Waals surface area contributed by atoms with Crippen molar-refractivity contribution in [3.63, 3.8) is 0 Å². The van der Waals surface area contributed by atoms with Crippen LogP contribution in [0.5, 0.6) is 0 Å². The normalized spacial score (nSPS) is 17.3. The Bertz CT molecular complexity index is 495. The molecule has 1 amide bonds. The molecule has 1 aliphatic rings. The third-order valence-corrected chi connectivity index (χ3v) is 4.64. The summed E-state index contributed by atoms with van der Waals surface area (Å²) in [5, 5.41) is 9.61. The molecule has 0 radical (unpaired) electrons. The molecule has 8 nitrogen and oxygen atoms in total. The summed E-state index contributed by atoms with van der Waals surface area (Å²) in [6.45, 7) is 15.0. The van der Waals surface area contributed by atoms with Crippen molar-refractivity contribution in [3.05, 3.63) is 0 Å². The zero-order valence-corrected chi connectivity index (χ0v) is 18.9. The molecule has 1 fully saturated rings. The first-order valence-corrected chi connectivity index (χ1v) is 10.2. The number of piperidine rings is 1. The first kappa shape index (κ1) is 24.5. The Morgan fingerprint density at radius 1 is 1.14 bits per heavy atom. The van der Waals surface area contributed by atoms with Crippen LogP contribution in [0.1, 0.15) is 47.5 Å². The number of aliphatic imine (C=N–C) groups is 1. The second kappa shape index (κ2) is 11.5. The number of nitrogens with zero attached hydrogens (tertiary/aromatic N) is 2. The molecule has 0 aromatic carbocycles. The second-order valence-corrected chi connectivity index (χ2v) is 9.10. The number of carbonyl (C=O) groups is 1. The van der Waals surface area contributed by atoms with E-state index in [1.807, 2.05) is 34.6 Å². The van der Waals surface area contributed by atoms with E-state index >= 15 is 0 Å². The molecular formula is C20H41N5O3. The maximum atomic E-state index is 12.0. The summed E-state index contributed by atoms with van der Waals surface area (Å²) >= 11 is 0. The van der Waals surface area contributed by atoms with E-state index < -0.39 is 17.2 Å². The van der Waals surface area contributed by atoms with Crippen LogP contribution in [-0.4, -0.2) is 81.6 Å². The molecule has 164 valence electrons. The van der Waals surface area contributed by atoms with E-state index in [0.717, 1.165) is 38.7 Å². The molecule has 3 N–H and O–H groups in total. The van der Waals surface area contributed by atoms with Gasteiger partial charge < -0.3 is 30.3 Å². The van der Waals surface area contributed by atoms with Crippen LogP contribution in [0, 0.1) is 5.92 Å². The summed E-state index contributed by atoms with van der Waals surface area (Å²) in [6.07, 6.45) is 1.95. The molecule has 0 atom stereocenters. The van der Waals surface area contributed by atoms with Crippen LogP contribution in [-0.2, 0) is 9.47 Å². The lowest BCUT2D eigenvalue weighted by Crippen LogP contribution is -2.54. The van der Waals surface area contributed by atoms with Gasteiger partial charge in [0.1, 0.15) is 5.60 Å². The molecule has 1 aliphatic heterocycles. The molecule has 1 heterocycles. The van der Waals surface area contributed by atoms with Crippen LogP contribution in [0.3, 0.4) is 0 Å². The SMILES string of the molecule is CN=C(NCC1CCN(CCOC)CC1)NCC(C)(C)NC(=O)OC(C)(C)C. The van der Waals surface area contributed by atoms with Crippen LogP contribution in [0.2, 0.25) is 0 Å². The summed E-state index contributed by atoms with van der Waals surface area (Å²) < 4.78 is 10.5. The van der Waals surface area contributed by atoms with Crippen LogP contribution in [0.4, 0.5) is 4.79 Å². The summed E-state index contributed by atoms with van der Waals surface area (Å²) in [4.78, 5) is 18.7. The first-order valence-electron chi connectivity index (χ1n) is 10.2. The van der Waals surface area contributed by atoms with Gasteiger partial charge in [-0.3, -0.25) is 4.99 Å². The van der Waals surface area contributed by atoms with Gasteiger partial charge in [-0.2, -0.15) is 0 Å². The van der Waals surface area contributed by atoms with Crippen molar-refractivity contribution in [3.8, 4) is 0 Å². The number of hydrogen-bond donors (Lipinski definition) is 3. The average molecular weight is 400 g/mol. The molecule has 1 saturated heterocycles. The highest BCUT2D eigenvalue weighted by molar-refractivity contribution is 5.79. The quantitative estimate of drug-likeness (QED) is 0.426.